The monoisotopic (exact) mass is 335 g/mol. The van der Waals surface area contributed by atoms with Crippen molar-refractivity contribution in [2.75, 3.05) is 6.79 Å². The van der Waals surface area contributed by atoms with Crippen molar-refractivity contribution in [1.29, 1.82) is 0 Å². The summed E-state index contributed by atoms with van der Waals surface area (Å²) in [5, 5.41) is 0.768. The Morgan fingerprint density at radius 1 is 1.08 bits per heavy atom. The second-order valence-corrected chi connectivity index (χ2v) is 6.50. The summed E-state index contributed by atoms with van der Waals surface area (Å²) in [7, 11) is 2.03. The van der Waals surface area contributed by atoms with Gasteiger partial charge in [0.15, 0.2) is 16.9 Å². The summed E-state index contributed by atoms with van der Waals surface area (Å²) < 4.78 is 13.0. The number of aryl methyl sites for hydroxylation is 1. The number of benzene rings is 2. The van der Waals surface area contributed by atoms with Crippen molar-refractivity contribution in [2.45, 2.75) is 25.7 Å². The maximum Gasteiger partial charge on any atom is 0.231 e. The zero-order chi connectivity index (χ0) is 17.4. The largest absolute Gasteiger partial charge is 0.454 e. The Morgan fingerprint density at radius 2 is 1.88 bits per heavy atom. The standard InChI is InChI=1S/C21H21NO3/c1-3-14(15-8-9-20-21(11-15)25-13-24-20)10-16-12-19(23)17-6-4-5-7-18(17)22(16)2/h4-9,11-12,14H,3,10,13H2,1-2H3. The highest BCUT2D eigenvalue weighted by Gasteiger charge is 2.18. The van der Waals surface area contributed by atoms with Gasteiger partial charge in [0.05, 0.1) is 5.52 Å². The van der Waals surface area contributed by atoms with Crippen LogP contribution in [0.2, 0.25) is 0 Å². The van der Waals surface area contributed by atoms with Crippen LogP contribution in [0.5, 0.6) is 11.5 Å². The Labute approximate surface area is 146 Å². The summed E-state index contributed by atoms with van der Waals surface area (Å²) >= 11 is 0. The average Bonchev–Trinajstić information content (AvgIpc) is 3.11. The quantitative estimate of drug-likeness (QED) is 0.723. The van der Waals surface area contributed by atoms with E-state index in [2.05, 4.69) is 23.6 Å². The van der Waals surface area contributed by atoms with Crippen molar-refractivity contribution in [3.05, 3.63) is 70.0 Å². The fraction of sp³-hybridized carbons (Fsp3) is 0.286. The van der Waals surface area contributed by atoms with E-state index in [-0.39, 0.29) is 12.2 Å². The summed E-state index contributed by atoms with van der Waals surface area (Å²) in [5.74, 6) is 1.93. The SMILES string of the molecule is CCC(Cc1cc(=O)c2ccccc2n1C)c1ccc2c(c1)OCO2. The normalized spacial score (nSPS) is 14.0. The lowest BCUT2D eigenvalue weighted by Gasteiger charge is -2.19. The van der Waals surface area contributed by atoms with Gasteiger partial charge in [0.1, 0.15) is 0 Å². The molecule has 0 N–H and O–H groups in total. The molecule has 3 aromatic rings. The minimum Gasteiger partial charge on any atom is -0.454 e. The van der Waals surface area contributed by atoms with Crippen molar-refractivity contribution in [2.24, 2.45) is 7.05 Å². The maximum atomic E-state index is 12.5. The maximum absolute atomic E-state index is 12.5. The van der Waals surface area contributed by atoms with E-state index in [1.54, 1.807) is 6.07 Å². The van der Waals surface area contributed by atoms with Gasteiger partial charge in [-0.25, -0.2) is 0 Å². The van der Waals surface area contributed by atoms with E-state index in [4.69, 9.17) is 9.47 Å². The topological polar surface area (TPSA) is 40.5 Å². The van der Waals surface area contributed by atoms with Crippen LogP contribution in [0.25, 0.3) is 10.9 Å². The van der Waals surface area contributed by atoms with Crippen LogP contribution in [0.4, 0.5) is 0 Å². The van der Waals surface area contributed by atoms with E-state index in [9.17, 15) is 4.79 Å². The third-order valence-electron chi connectivity index (χ3n) is 5.08. The molecule has 0 fully saturated rings. The highest BCUT2D eigenvalue weighted by atomic mass is 16.7. The molecule has 128 valence electrons. The Hall–Kier alpha value is -2.75. The lowest BCUT2D eigenvalue weighted by Crippen LogP contribution is -2.14. The Balaban J connectivity index is 1.72. The lowest BCUT2D eigenvalue weighted by atomic mass is 9.91. The van der Waals surface area contributed by atoms with Gasteiger partial charge in [0.2, 0.25) is 6.79 Å². The number of rotatable bonds is 4. The van der Waals surface area contributed by atoms with E-state index in [1.807, 2.05) is 37.4 Å². The number of aromatic nitrogens is 1. The fourth-order valence-corrected chi connectivity index (χ4v) is 3.57. The van der Waals surface area contributed by atoms with Crippen molar-refractivity contribution in [1.82, 2.24) is 4.57 Å². The number of pyridine rings is 1. The van der Waals surface area contributed by atoms with Crippen molar-refractivity contribution < 1.29 is 9.47 Å². The molecule has 0 spiro atoms. The number of fused-ring (bicyclic) bond motifs is 2. The second kappa shape index (κ2) is 6.28. The van der Waals surface area contributed by atoms with Crippen molar-refractivity contribution >= 4 is 10.9 Å². The minimum atomic E-state index is 0.0873. The van der Waals surface area contributed by atoms with E-state index >= 15 is 0 Å². The highest BCUT2D eigenvalue weighted by molar-refractivity contribution is 5.79. The molecule has 0 saturated heterocycles. The van der Waals surface area contributed by atoms with Crippen LogP contribution in [0, 0.1) is 0 Å². The van der Waals surface area contributed by atoms with Crippen LogP contribution in [0.1, 0.15) is 30.5 Å². The number of ether oxygens (including phenoxy) is 2. The molecule has 0 bridgehead atoms. The molecule has 0 amide bonds. The Kier molecular flexibility index (Phi) is 3.96. The number of para-hydroxylation sites is 1. The first-order valence-corrected chi connectivity index (χ1v) is 8.64. The molecular weight excluding hydrogens is 314 g/mol. The van der Waals surface area contributed by atoms with Gasteiger partial charge in [0.25, 0.3) is 0 Å². The second-order valence-electron chi connectivity index (χ2n) is 6.50. The Morgan fingerprint density at radius 3 is 2.72 bits per heavy atom. The van der Waals surface area contributed by atoms with Crippen LogP contribution in [-0.2, 0) is 13.5 Å². The van der Waals surface area contributed by atoms with Crippen molar-refractivity contribution in [3.8, 4) is 11.5 Å². The molecule has 2 aromatic carbocycles. The molecule has 1 aliphatic heterocycles. The van der Waals surface area contributed by atoms with Crippen LogP contribution in [0.15, 0.2) is 53.3 Å². The molecule has 1 unspecified atom stereocenters. The van der Waals surface area contributed by atoms with Crippen LogP contribution < -0.4 is 14.9 Å². The van der Waals surface area contributed by atoms with Gasteiger partial charge < -0.3 is 14.0 Å². The first-order chi connectivity index (χ1) is 12.2. The number of hydrogen-bond acceptors (Lipinski definition) is 3. The summed E-state index contributed by atoms with van der Waals surface area (Å²) in [4.78, 5) is 12.5. The van der Waals surface area contributed by atoms with Gasteiger partial charge in [0, 0.05) is 24.2 Å². The third kappa shape index (κ3) is 2.78. The summed E-state index contributed by atoms with van der Waals surface area (Å²) in [6, 6.07) is 15.7. The van der Waals surface area contributed by atoms with Gasteiger partial charge in [-0.1, -0.05) is 25.1 Å². The van der Waals surface area contributed by atoms with E-state index in [1.165, 1.54) is 5.56 Å². The predicted octanol–water partition coefficient (Wildman–Crippen LogP) is 4.00. The van der Waals surface area contributed by atoms with Crippen LogP contribution >= 0.6 is 0 Å². The van der Waals surface area contributed by atoms with E-state index in [0.717, 1.165) is 40.9 Å². The van der Waals surface area contributed by atoms with Crippen molar-refractivity contribution in [3.63, 3.8) is 0 Å². The van der Waals surface area contributed by atoms with Gasteiger partial charge in [-0.05, 0) is 48.6 Å². The molecule has 0 aliphatic carbocycles. The summed E-state index contributed by atoms with van der Waals surface area (Å²) in [6.45, 7) is 2.46. The van der Waals surface area contributed by atoms with E-state index < -0.39 is 0 Å². The van der Waals surface area contributed by atoms with Crippen LogP contribution in [0.3, 0.4) is 0 Å². The van der Waals surface area contributed by atoms with Gasteiger partial charge >= 0.3 is 0 Å². The molecule has 0 saturated carbocycles. The molecule has 1 atom stereocenters. The smallest absolute Gasteiger partial charge is 0.231 e. The van der Waals surface area contributed by atoms with Gasteiger partial charge in [-0.3, -0.25) is 4.79 Å². The first kappa shape index (κ1) is 15.8. The molecule has 0 radical (unpaired) electrons. The summed E-state index contributed by atoms with van der Waals surface area (Å²) in [6.07, 6.45) is 1.80. The molecule has 4 nitrogen and oxygen atoms in total. The molecule has 1 aromatic heterocycles. The fourth-order valence-electron chi connectivity index (χ4n) is 3.57. The van der Waals surface area contributed by atoms with Gasteiger partial charge in [-0.2, -0.15) is 0 Å². The number of hydrogen-bond donors (Lipinski definition) is 0. The highest BCUT2D eigenvalue weighted by Crippen LogP contribution is 2.36. The Bertz CT molecular complexity index is 990. The van der Waals surface area contributed by atoms with E-state index in [0.29, 0.717) is 5.92 Å². The lowest BCUT2D eigenvalue weighted by molar-refractivity contribution is 0.174. The molecule has 1 aliphatic rings. The molecule has 4 heteroatoms. The van der Waals surface area contributed by atoms with Gasteiger partial charge in [-0.15, -0.1) is 0 Å². The number of nitrogens with zero attached hydrogens (tertiary/aromatic N) is 1. The predicted molar refractivity (Wildman–Crippen MR) is 98.5 cm³/mol. The zero-order valence-corrected chi connectivity index (χ0v) is 14.5. The van der Waals surface area contributed by atoms with Crippen LogP contribution in [-0.4, -0.2) is 11.4 Å². The summed E-state index contributed by atoms with van der Waals surface area (Å²) in [5.41, 5.74) is 3.33. The molecular formula is C21H21NO3. The molecule has 2 heterocycles. The zero-order valence-electron chi connectivity index (χ0n) is 14.5. The third-order valence-corrected chi connectivity index (χ3v) is 5.08. The molecule has 25 heavy (non-hydrogen) atoms. The minimum absolute atomic E-state index is 0.0873. The molecule has 4 rings (SSSR count). The first-order valence-electron chi connectivity index (χ1n) is 8.64. The average molecular weight is 335 g/mol.